The SMILES string of the molecule is O=C([C@@H]1C[C@@H]1c1cccc(F)c1)N1CCN([C@H]2CCC[C@H]2O)CC1. The molecule has 1 saturated heterocycles. The maximum atomic E-state index is 13.3. The Balaban J connectivity index is 1.31. The molecule has 4 nitrogen and oxygen atoms in total. The standard InChI is InChI=1S/C19H25FN2O2/c20-14-4-1-3-13(11-14)15-12-16(15)19(24)22-9-7-21(8-10-22)17-5-2-6-18(17)23/h1,3-4,11,15-18,23H,2,5-10,12H2/t15-,16-,17+,18-/m1/s1. The van der Waals surface area contributed by atoms with Crippen LogP contribution in [0.3, 0.4) is 0 Å². The third kappa shape index (κ3) is 3.07. The third-order valence-corrected chi connectivity index (χ3v) is 5.92. The molecule has 0 aromatic heterocycles. The Morgan fingerprint density at radius 1 is 1.17 bits per heavy atom. The van der Waals surface area contributed by atoms with E-state index in [1.165, 1.54) is 6.07 Å². The predicted octanol–water partition coefficient (Wildman–Crippen LogP) is 1.99. The van der Waals surface area contributed by atoms with Gasteiger partial charge in [0.15, 0.2) is 0 Å². The molecule has 0 bridgehead atoms. The number of halogens is 1. The minimum atomic E-state index is -0.227. The lowest BCUT2D eigenvalue weighted by atomic mass is 10.1. The van der Waals surface area contributed by atoms with E-state index in [4.69, 9.17) is 0 Å². The molecule has 5 heteroatoms. The van der Waals surface area contributed by atoms with E-state index in [-0.39, 0.29) is 35.7 Å². The smallest absolute Gasteiger partial charge is 0.226 e. The summed E-state index contributed by atoms with van der Waals surface area (Å²) in [6.07, 6.45) is 3.71. The maximum Gasteiger partial charge on any atom is 0.226 e. The summed E-state index contributed by atoms with van der Waals surface area (Å²) in [6, 6.07) is 6.91. The van der Waals surface area contributed by atoms with Gasteiger partial charge in [-0.3, -0.25) is 9.69 Å². The summed E-state index contributed by atoms with van der Waals surface area (Å²) < 4.78 is 13.3. The molecule has 0 radical (unpaired) electrons. The monoisotopic (exact) mass is 332 g/mol. The largest absolute Gasteiger partial charge is 0.391 e. The zero-order valence-corrected chi connectivity index (χ0v) is 13.9. The van der Waals surface area contributed by atoms with Gasteiger partial charge in [0.25, 0.3) is 0 Å². The van der Waals surface area contributed by atoms with Crippen molar-refractivity contribution in [3.05, 3.63) is 35.6 Å². The van der Waals surface area contributed by atoms with Crippen molar-refractivity contribution in [1.82, 2.24) is 9.80 Å². The lowest BCUT2D eigenvalue weighted by Gasteiger charge is -2.39. The highest BCUT2D eigenvalue weighted by Crippen LogP contribution is 2.48. The van der Waals surface area contributed by atoms with Crippen molar-refractivity contribution in [3.8, 4) is 0 Å². The molecule has 1 amide bonds. The lowest BCUT2D eigenvalue weighted by Crippen LogP contribution is -2.54. The first-order valence-electron chi connectivity index (χ1n) is 9.10. The van der Waals surface area contributed by atoms with Gasteiger partial charge >= 0.3 is 0 Å². The van der Waals surface area contributed by atoms with Gasteiger partial charge in [-0.15, -0.1) is 0 Å². The van der Waals surface area contributed by atoms with Crippen LogP contribution in [-0.4, -0.2) is 59.1 Å². The fourth-order valence-corrected chi connectivity index (χ4v) is 4.43. The van der Waals surface area contributed by atoms with Gasteiger partial charge < -0.3 is 10.0 Å². The molecular weight excluding hydrogens is 307 g/mol. The summed E-state index contributed by atoms with van der Waals surface area (Å²) >= 11 is 0. The van der Waals surface area contributed by atoms with Crippen molar-refractivity contribution in [3.63, 3.8) is 0 Å². The second kappa shape index (κ2) is 6.45. The van der Waals surface area contributed by atoms with Gasteiger partial charge in [-0.05, 0) is 49.3 Å². The van der Waals surface area contributed by atoms with Crippen molar-refractivity contribution in [2.75, 3.05) is 26.2 Å². The number of carbonyl (C=O) groups excluding carboxylic acids is 1. The maximum absolute atomic E-state index is 13.3. The van der Waals surface area contributed by atoms with Crippen LogP contribution in [0.4, 0.5) is 4.39 Å². The topological polar surface area (TPSA) is 43.8 Å². The minimum absolute atomic E-state index is 0.0235. The Labute approximate surface area is 142 Å². The number of benzene rings is 1. The summed E-state index contributed by atoms with van der Waals surface area (Å²) in [4.78, 5) is 17.0. The average molecular weight is 332 g/mol. The van der Waals surface area contributed by atoms with Crippen LogP contribution in [0.2, 0.25) is 0 Å². The summed E-state index contributed by atoms with van der Waals surface area (Å²) in [5, 5.41) is 10.0. The van der Waals surface area contributed by atoms with Crippen molar-refractivity contribution >= 4 is 5.91 Å². The Morgan fingerprint density at radius 2 is 1.96 bits per heavy atom. The Bertz CT molecular complexity index is 615. The average Bonchev–Trinajstić information content (AvgIpc) is 3.29. The van der Waals surface area contributed by atoms with Crippen LogP contribution < -0.4 is 0 Å². The molecule has 1 aromatic carbocycles. The molecule has 2 aliphatic carbocycles. The van der Waals surface area contributed by atoms with E-state index in [0.29, 0.717) is 0 Å². The van der Waals surface area contributed by atoms with E-state index in [9.17, 15) is 14.3 Å². The van der Waals surface area contributed by atoms with E-state index in [0.717, 1.165) is 57.4 Å². The van der Waals surface area contributed by atoms with Crippen LogP contribution in [0.15, 0.2) is 24.3 Å². The van der Waals surface area contributed by atoms with Gasteiger partial charge in [-0.1, -0.05) is 12.1 Å². The van der Waals surface area contributed by atoms with Crippen molar-refractivity contribution < 1.29 is 14.3 Å². The van der Waals surface area contributed by atoms with Crippen LogP contribution in [0.1, 0.15) is 37.2 Å². The van der Waals surface area contributed by atoms with E-state index in [1.807, 2.05) is 11.0 Å². The molecule has 3 aliphatic rings. The quantitative estimate of drug-likeness (QED) is 0.921. The molecule has 24 heavy (non-hydrogen) atoms. The van der Waals surface area contributed by atoms with Crippen molar-refractivity contribution in [2.45, 2.75) is 43.7 Å². The second-order valence-corrected chi connectivity index (χ2v) is 7.43. The molecule has 4 atom stereocenters. The molecule has 4 rings (SSSR count). The van der Waals surface area contributed by atoms with Gasteiger partial charge in [0.05, 0.1) is 6.10 Å². The van der Waals surface area contributed by atoms with E-state index < -0.39 is 0 Å². The Kier molecular flexibility index (Phi) is 4.31. The molecule has 0 unspecified atom stereocenters. The van der Waals surface area contributed by atoms with E-state index in [2.05, 4.69) is 4.90 Å². The highest BCUT2D eigenvalue weighted by Gasteiger charge is 2.46. The van der Waals surface area contributed by atoms with Crippen molar-refractivity contribution in [1.29, 1.82) is 0 Å². The normalized spacial score (nSPS) is 33.7. The molecular formula is C19H25FN2O2. The molecule has 1 aromatic rings. The third-order valence-electron chi connectivity index (χ3n) is 5.92. The molecule has 1 heterocycles. The Morgan fingerprint density at radius 3 is 2.62 bits per heavy atom. The lowest BCUT2D eigenvalue weighted by molar-refractivity contribution is -0.135. The molecule has 1 aliphatic heterocycles. The number of hydrogen-bond acceptors (Lipinski definition) is 3. The summed E-state index contributed by atoms with van der Waals surface area (Å²) in [5.41, 5.74) is 0.945. The van der Waals surface area contributed by atoms with Gasteiger partial charge in [0.2, 0.25) is 5.91 Å². The van der Waals surface area contributed by atoms with Gasteiger partial charge in [-0.2, -0.15) is 0 Å². The second-order valence-electron chi connectivity index (χ2n) is 7.43. The van der Waals surface area contributed by atoms with Gasteiger partial charge in [-0.25, -0.2) is 4.39 Å². The number of aliphatic hydroxyl groups excluding tert-OH is 1. The number of rotatable bonds is 3. The summed E-state index contributed by atoms with van der Waals surface area (Å²) in [7, 11) is 0. The molecule has 1 N–H and O–H groups in total. The van der Waals surface area contributed by atoms with E-state index in [1.54, 1.807) is 12.1 Å². The number of hydrogen-bond donors (Lipinski definition) is 1. The number of piperazine rings is 1. The van der Waals surface area contributed by atoms with Crippen LogP contribution >= 0.6 is 0 Å². The first-order valence-corrected chi connectivity index (χ1v) is 9.10. The zero-order chi connectivity index (χ0) is 16.7. The molecule has 2 saturated carbocycles. The first kappa shape index (κ1) is 16.0. The van der Waals surface area contributed by atoms with Gasteiger partial charge in [0.1, 0.15) is 5.82 Å². The molecule has 130 valence electrons. The predicted molar refractivity (Wildman–Crippen MR) is 89.0 cm³/mol. The summed E-state index contributed by atoms with van der Waals surface area (Å²) in [6.45, 7) is 3.19. The number of nitrogens with zero attached hydrogens (tertiary/aromatic N) is 2. The van der Waals surface area contributed by atoms with Gasteiger partial charge in [0, 0.05) is 38.1 Å². The highest BCUT2D eigenvalue weighted by molar-refractivity contribution is 5.83. The molecule has 3 fully saturated rings. The number of amides is 1. The van der Waals surface area contributed by atoms with Crippen molar-refractivity contribution in [2.24, 2.45) is 5.92 Å². The Hall–Kier alpha value is -1.46. The minimum Gasteiger partial charge on any atom is -0.391 e. The molecule has 0 spiro atoms. The summed E-state index contributed by atoms with van der Waals surface area (Å²) in [5.74, 6) is 0.198. The zero-order valence-electron chi connectivity index (χ0n) is 13.9. The highest BCUT2D eigenvalue weighted by atomic mass is 19.1. The van der Waals surface area contributed by atoms with Crippen LogP contribution in [0, 0.1) is 11.7 Å². The fraction of sp³-hybridized carbons (Fsp3) is 0.632. The van der Waals surface area contributed by atoms with Crippen LogP contribution in [-0.2, 0) is 4.79 Å². The fourth-order valence-electron chi connectivity index (χ4n) is 4.43. The van der Waals surface area contributed by atoms with E-state index >= 15 is 0 Å². The first-order chi connectivity index (χ1) is 11.6. The van der Waals surface area contributed by atoms with Crippen LogP contribution in [0.5, 0.6) is 0 Å². The number of aliphatic hydroxyl groups is 1. The van der Waals surface area contributed by atoms with Crippen LogP contribution in [0.25, 0.3) is 0 Å². The number of carbonyl (C=O) groups is 1.